The van der Waals surface area contributed by atoms with Crippen LogP contribution < -0.4 is 5.32 Å². The Morgan fingerprint density at radius 2 is 2.11 bits per heavy atom. The lowest BCUT2D eigenvalue weighted by Gasteiger charge is -1.95. The van der Waals surface area contributed by atoms with E-state index >= 15 is 0 Å². The third-order valence-corrected chi connectivity index (χ3v) is 2.99. The summed E-state index contributed by atoms with van der Waals surface area (Å²) in [5, 5.41) is 20.0. The molecule has 0 saturated carbocycles. The minimum Gasteiger partial charge on any atom is -0.300 e. The molecule has 0 radical (unpaired) electrons. The van der Waals surface area contributed by atoms with Gasteiger partial charge in [0.1, 0.15) is 11.4 Å². The van der Waals surface area contributed by atoms with Gasteiger partial charge >= 0.3 is 0 Å². The molecule has 0 saturated heterocycles. The van der Waals surface area contributed by atoms with Crippen LogP contribution in [0, 0.1) is 11.3 Å². The molecule has 1 heterocycles. The van der Waals surface area contributed by atoms with Gasteiger partial charge in [0, 0.05) is 6.42 Å². The highest BCUT2D eigenvalue weighted by Gasteiger charge is 2.08. The van der Waals surface area contributed by atoms with Crippen LogP contribution in [0.4, 0.5) is 5.13 Å². The highest BCUT2D eigenvalue weighted by molar-refractivity contribution is 7.15. The summed E-state index contributed by atoms with van der Waals surface area (Å²) in [6.07, 6.45) is 0.514. The molecular weight excluding hydrogens is 248 g/mol. The van der Waals surface area contributed by atoms with Crippen molar-refractivity contribution < 1.29 is 4.79 Å². The van der Waals surface area contributed by atoms with Gasteiger partial charge in [-0.2, -0.15) is 5.26 Å². The van der Waals surface area contributed by atoms with Crippen molar-refractivity contribution in [3.8, 4) is 6.07 Å². The number of amides is 1. The fourth-order valence-corrected chi connectivity index (χ4v) is 2.17. The van der Waals surface area contributed by atoms with E-state index in [2.05, 4.69) is 15.5 Å². The van der Waals surface area contributed by atoms with Crippen molar-refractivity contribution in [1.29, 1.82) is 5.26 Å². The Hall–Kier alpha value is -2.26. The Bertz CT molecular complexity index is 573. The summed E-state index contributed by atoms with van der Waals surface area (Å²) >= 11 is 1.32. The lowest BCUT2D eigenvalue weighted by Crippen LogP contribution is -2.09. The first-order valence-electron chi connectivity index (χ1n) is 5.31. The molecule has 0 spiro atoms. The molecule has 0 atom stereocenters. The minimum atomic E-state index is -0.361. The van der Waals surface area contributed by atoms with Gasteiger partial charge in [0.25, 0.3) is 0 Å². The molecule has 0 unspecified atom stereocenters. The van der Waals surface area contributed by atoms with Crippen molar-refractivity contribution in [2.45, 2.75) is 12.8 Å². The third kappa shape index (κ3) is 3.37. The van der Waals surface area contributed by atoms with Crippen LogP contribution in [0.1, 0.15) is 17.0 Å². The van der Waals surface area contributed by atoms with E-state index in [-0.39, 0.29) is 12.3 Å². The molecule has 0 aliphatic heterocycles. The summed E-state index contributed by atoms with van der Waals surface area (Å²) in [6, 6.07) is 11.7. The maximum Gasteiger partial charge on any atom is 0.240 e. The van der Waals surface area contributed by atoms with Crippen molar-refractivity contribution >= 4 is 22.4 Å². The molecular formula is C12H10N4OS. The maximum absolute atomic E-state index is 11.2. The molecule has 0 aliphatic carbocycles. The average molecular weight is 258 g/mol. The topological polar surface area (TPSA) is 78.7 Å². The van der Waals surface area contributed by atoms with E-state index in [0.717, 1.165) is 10.6 Å². The van der Waals surface area contributed by atoms with Crippen LogP contribution >= 0.6 is 11.3 Å². The van der Waals surface area contributed by atoms with E-state index in [9.17, 15) is 4.79 Å². The van der Waals surface area contributed by atoms with Crippen LogP contribution in [0.25, 0.3) is 0 Å². The van der Waals surface area contributed by atoms with Gasteiger partial charge in [-0.1, -0.05) is 41.7 Å². The summed E-state index contributed by atoms with van der Waals surface area (Å²) in [5.74, 6) is -0.361. The first-order chi connectivity index (χ1) is 8.78. The zero-order chi connectivity index (χ0) is 12.8. The molecule has 1 amide bonds. The number of hydrogen-bond donors (Lipinski definition) is 1. The molecule has 5 nitrogen and oxygen atoms in total. The van der Waals surface area contributed by atoms with Gasteiger partial charge in [-0.25, -0.2) is 0 Å². The largest absolute Gasteiger partial charge is 0.300 e. The average Bonchev–Trinajstić information content (AvgIpc) is 2.78. The van der Waals surface area contributed by atoms with Gasteiger partial charge in [-0.15, -0.1) is 10.2 Å². The van der Waals surface area contributed by atoms with Crippen LogP contribution in [0.5, 0.6) is 0 Å². The zero-order valence-electron chi connectivity index (χ0n) is 9.46. The van der Waals surface area contributed by atoms with Crippen molar-refractivity contribution in [2.24, 2.45) is 0 Å². The van der Waals surface area contributed by atoms with Gasteiger partial charge in [-0.05, 0) is 5.56 Å². The van der Waals surface area contributed by atoms with Crippen LogP contribution in [-0.4, -0.2) is 16.1 Å². The van der Waals surface area contributed by atoms with Crippen molar-refractivity contribution in [1.82, 2.24) is 10.2 Å². The Morgan fingerprint density at radius 3 is 2.83 bits per heavy atom. The van der Waals surface area contributed by atoms with Crippen LogP contribution in [0.3, 0.4) is 0 Å². The second kappa shape index (κ2) is 5.89. The predicted octanol–water partition coefficient (Wildman–Crippen LogP) is 1.98. The summed E-state index contributed by atoms with van der Waals surface area (Å²) in [7, 11) is 0. The minimum absolute atomic E-state index is 0.173. The second-order valence-electron chi connectivity index (χ2n) is 3.55. The molecule has 0 bridgehead atoms. The standard InChI is InChI=1S/C12H10N4OS/c13-7-6-10(17)14-12-16-15-11(18-12)8-9-4-2-1-3-5-9/h1-5H,6,8H2,(H,14,16,17). The van der Waals surface area contributed by atoms with E-state index in [0.29, 0.717) is 11.6 Å². The van der Waals surface area contributed by atoms with E-state index in [4.69, 9.17) is 5.26 Å². The lowest BCUT2D eigenvalue weighted by atomic mass is 10.2. The molecule has 18 heavy (non-hydrogen) atoms. The highest BCUT2D eigenvalue weighted by atomic mass is 32.1. The number of anilines is 1. The van der Waals surface area contributed by atoms with E-state index in [1.165, 1.54) is 11.3 Å². The number of aromatic nitrogens is 2. The fourth-order valence-electron chi connectivity index (χ4n) is 1.38. The van der Waals surface area contributed by atoms with Crippen molar-refractivity contribution in [3.63, 3.8) is 0 Å². The summed E-state index contributed by atoms with van der Waals surface area (Å²) in [6.45, 7) is 0. The number of carbonyl (C=O) groups is 1. The van der Waals surface area contributed by atoms with Crippen LogP contribution in [-0.2, 0) is 11.2 Å². The van der Waals surface area contributed by atoms with Gasteiger partial charge in [0.2, 0.25) is 11.0 Å². The molecule has 2 aromatic rings. The van der Waals surface area contributed by atoms with E-state index in [1.807, 2.05) is 30.3 Å². The third-order valence-electron chi connectivity index (χ3n) is 2.15. The Labute approximate surface area is 108 Å². The molecule has 2 rings (SSSR count). The Kier molecular flexibility index (Phi) is 3.99. The normalized spacial score (nSPS) is 9.72. The first-order valence-corrected chi connectivity index (χ1v) is 6.12. The Morgan fingerprint density at radius 1 is 1.33 bits per heavy atom. The molecule has 0 aliphatic rings. The van der Waals surface area contributed by atoms with Gasteiger partial charge in [0.15, 0.2) is 0 Å². The number of rotatable bonds is 4. The van der Waals surface area contributed by atoms with Gasteiger partial charge < -0.3 is 0 Å². The molecule has 1 aromatic heterocycles. The monoisotopic (exact) mass is 258 g/mol. The lowest BCUT2D eigenvalue weighted by molar-refractivity contribution is -0.115. The van der Waals surface area contributed by atoms with E-state index in [1.54, 1.807) is 6.07 Å². The van der Waals surface area contributed by atoms with Gasteiger partial charge in [0.05, 0.1) is 6.07 Å². The predicted molar refractivity (Wildman–Crippen MR) is 68.0 cm³/mol. The fraction of sp³-hybridized carbons (Fsp3) is 0.167. The molecule has 6 heteroatoms. The highest BCUT2D eigenvalue weighted by Crippen LogP contribution is 2.18. The number of nitriles is 1. The molecule has 1 N–H and O–H groups in total. The maximum atomic E-state index is 11.2. The van der Waals surface area contributed by atoms with Crippen molar-refractivity contribution in [3.05, 3.63) is 40.9 Å². The Balaban J connectivity index is 1.99. The van der Waals surface area contributed by atoms with E-state index < -0.39 is 0 Å². The number of hydrogen-bond acceptors (Lipinski definition) is 5. The molecule has 90 valence electrons. The first kappa shape index (κ1) is 12.2. The van der Waals surface area contributed by atoms with Gasteiger partial charge in [-0.3, -0.25) is 10.1 Å². The second-order valence-corrected chi connectivity index (χ2v) is 4.61. The molecule has 1 aromatic carbocycles. The zero-order valence-corrected chi connectivity index (χ0v) is 10.3. The van der Waals surface area contributed by atoms with Crippen molar-refractivity contribution in [2.75, 3.05) is 5.32 Å². The SMILES string of the molecule is N#CCC(=O)Nc1nnc(Cc2ccccc2)s1. The van der Waals surface area contributed by atoms with Crippen LogP contribution in [0.2, 0.25) is 0 Å². The summed E-state index contributed by atoms with van der Waals surface area (Å²) in [5.41, 5.74) is 1.14. The van der Waals surface area contributed by atoms with Crippen LogP contribution in [0.15, 0.2) is 30.3 Å². The quantitative estimate of drug-likeness (QED) is 0.909. The number of benzene rings is 1. The molecule has 0 fully saturated rings. The number of nitrogens with zero attached hydrogens (tertiary/aromatic N) is 3. The summed E-state index contributed by atoms with van der Waals surface area (Å²) in [4.78, 5) is 11.2. The smallest absolute Gasteiger partial charge is 0.240 e. The summed E-state index contributed by atoms with van der Waals surface area (Å²) < 4.78 is 0. The number of nitrogens with one attached hydrogen (secondary N) is 1. The number of carbonyl (C=O) groups excluding carboxylic acids is 1.